The third-order valence-corrected chi connectivity index (χ3v) is 3.17. The Kier molecular flexibility index (Phi) is 3.78. The van der Waals surface area contributed by atoms with Crippen LogP contribution in [0.2, 0.25) is 0 Å². The molecular weight excluding hydrogens is 203 g/mol. The molecule has 0 spiro atoms. The lowest BCUT2D eigenvalue weighted by Crippen LogP contribution is -2.42. The molecule has 0 saturated carbocycles. The minimum Gasteiger partial charge on any atom is -0.373 e. The van der Waals surface area contributed by atoms with E-state index in [2.05, 4.69) is 17.3 Å². The summed E-state index contributed by atoms with van der Waals surface area (Å²) in [5.74, 6) is -0.173. The van der Waals surface area contributed by atoms with Crippen LogP contribution in [-0.4, -0.2) is 26.2 Å². The SMILES string of the molecule is CN(CC1CCCCN1)c1ccc(F)cc1. The minimum absolute atomic E-state index is 0.173. The summed E-state index contributed by atoms with van der Waals surface area (Å²) >= 11 is 0. The van der Waals surface area contributed by atoms with Crippen molar-refractivity contribution in [2.45, 2.75) is 25.3 Å². The normalized spacial score (nSPS) is 20.8. The Bertz CT molecular complexity index is 317. The fraction of sp³-hybridized carbons (Fsp3) is 0.538. The second kappa shape index (κ2) is 5.30. The van der Waals surface area contributed by atoms with Crippen molar-refractivity contribution < 1.29 is 4.39 Å². The van der Waals surface area contributed by atoms with E-state index in [0.29, 0.717) is 6.04 Å². The van der Waals surface area contributed by atoms with Gasteiger partial charge < -0.3 is 10.2 Å². The van der Waals surface area contributed by atoms with Crippen LogP contribution in [0.15, 0.2) is 24.3 Å². The van der Waals surface area contributed by atoms with Gasteiger partial charge in [0.25, 0.3) is 0 Å². The molecule has 1 aromatic carbocycles. The summed E-state index contributed by atoms with van der Waals surface area (Å²) in [6.45, 7) is 2.12. The molecular formula is C13H19FN2. The number of nitrogens with zero attached hydrogens (tertiary/aromatic N) is 1. The first-order valence-corrected chi connectivity index (χ1v) is 5.96. The molecule has 1 aromatic rings. The molecule has 1 atom stereocenters. The lowest BCUT2D eigenvalue weighted by molar-refractivity contribution is 0.403. The molecule has 2 rings (SSSR count). The maximum atomic E-state index is 12.8. The van der Waals surface area contributed by atoms with Crippen molar-refractivity contribution in [3.8, 4) is 0 Å². The van der Waals surface area contributed by atoms with E-state index in [4.69, 9.17) is 0 Å². The monoisotopic (exact) mass is 222 g/mol. The van der Waals surface area contributed by atoms with E-state index in [1.807, 2.05) is 12.1 Å². The van der Waals surface area contributed by atoms with E-state index in [1.165, 1.54) is 31.4 Å². The number of rotatable bonds is 3. The summed E-state index contributed by atoms with van der Waals surface area (Å²) in [5.41, 5.74) is 1.08. The van der Waals surface area contributed by atoms with Gasteiger partial charge in [0.2, 0.25) is 0 Å². The number of nitrogens with one attached hydrogen (secondary N) is 1. The first-order valence-electron chi connectivity index (χ1n) is 5.96. The van der Waals surface area contributed by atoms with Crippen molar-refractivity contribution in [1.82, 2.24) is 5.32 Å². The van der Waals surface area contributed by atoms with Crippen LogP contribution in [0.4, 0.5) is 10.1 Å². The summed E-state index contributed by atoms with van der Waals surface area (Å²) < 4.78 is 12.8. The van der Waals surface area contributed by atoms with Crippen LogP contribution in [0.3, 0.4) is 0 Å². The highest BCUT2D eigenvalue weighted by Gasteiger charge is 2.14. The maximum absolute atomic E-state index is 12.8. The molecule has 3 heteroatoms. The highest BCUT2D eigenvalue weighted by atomic mass is 19.1. The fourth-order valence-corrected chi connectivity index (χ4v) is 2.21. The quantitative estimate of drug-likeness (QED) is 0.845. The van der Waals surface area contributed by atoms with E-state index < -0.39 is 0 Å². The summed E-state index contributed by atoms with van der Waals surface area (Å²) in [6, 6.07) is 7.26. The maximum Gasteiger partial charge on any atom is 0.123 e. The molecule has 0 aliphatic carbocycles. The number of anilines is 1. The van der Waals surface area contributed by atoms with Crippen LogP contribution in [0.1, 0.15) is 19.3 Å². The Morgan fingerprint density at radius 2 is 2.06 bits per heavy atom. The van der Waals surface area contributed by atoms with Gasteiger partial charge >= 0.3 is 0 Å². The van der Waals surface area contributed by atoms with Gasteiger partial charge in [-0.1, -0.05) is 6.42 Å². The van der Waals surface area contributed by atoms with Crippen molar-refractivity contribution in [1.29, 1.82) is 0 Å². The molecule has 0 amide bonds. The summed E-state index contributed by atoms with van der Waals surface area (Å²) in [6.07, 6.45) is 3.84. The lowest BCUT2D eigenvalue weighted by Gasteiger charge is -2.29. The van der Waals surface area contributed by atoms with E-state index in [1.54, 1.807) is 0 Å². The molecule has 1 heterocycles. The van der Waals surface area contributed by atoms with Crippen molar-refractivity contribution in [3.05, 3.63) is 30.1 Å². The van der Waals surface area contributed by atoms with E-state index in [0.717, 1.165) is 18.8 Å². The molecule has 0 aromatic heterocycles. The molecule has 0 radical (unpaired) electrons. The van der Waals surface area contributed by atoms with Gasteiger partial charge in [-0.15, -0.1) is 0 Å². The van der Waals surface area contributed by atoms with Crippen molar-refractivity contribution in [2.75, 3.05) is 25.0 Å². The Labute approximate surface area is 96.5 Å². The molecule has 2 nitrogen and oxygen atoms in total. The van der Waals surface area contributed by atoms with Gasteiger partial charge in [-0.2, -0.15) is 0 Å². The van der Waals surface area contributed by atoms with Crippen LogP contribution in [0.5, 0.6) is 0 Å². The lowest BCUT2D eigenvalue weighted by atomic mass is 10.0. The number of piperidine rings is 1. The van der Waals surface area contributed by atoms with Gasteiger partial charge in [-0.05, 0) is 43.7 Å². The van der Waals surface area contributed by atoms with Crippen molar-refractivity contribution in [2.24, 2.45) is 0 Å². The standard InChI is InChI=1S/C13H19FN2/c1-16(10-12-4-2-3-9-15-12)13-7-5-11(14)6-8-13/h5-8,12,15H,2-4,9-10H2,1H3. The topological polar surface area (TPSA) is 15.3 Å². The first-order chi connectivity index (χ1) is 7.75. The average molecular weight is 222 g/mol. The Morgan fingerprint density at radius 1 is 1.31 bits per heavy atom. The van der Waals surface area contributed by atoms with E-state index >= 15 is 0 Å². The number of hydrogen-bond donors (Lipinski definition) is 1. The fourth-order valence-electron chi connectivity index (χ4n) is 2.21. The second-order valence-electron chi connectivity index (χ2n) is 4.50. The zero-order valence-electron chi connectivity index (χ0n) is 9.75. The zero-order chi connectivity index (χ0) is 11.4. The third-order valence-electron chi connectivity index (χ3n) is 3.17. The average Bonchev–Trinajstić information content (AvgIpc) is 2.31. The van der Waals surface area contributed by atoms with Crippen LogP contribution in [0.25, 0.3) is 0 Å². The highest BCUT2D eigenvalue weighted by molar-refractivity contribution is 5.45. The van der Waals surface area contributed by atoms with Crippen molar-refractivity contribution >= 4 is 5.69 Å². The molecule has 1 saturated heterocycles. The van der Waals surface area contributed by atoms with E-state index in [9.17, 15) is 4.39 Å². The van der Waals surface area contributed by atoms with E-state index in [-0.39, 0.29) is 5.82 Å². The molecule has 1 unspecified atom stereocenters. The minimum atomic E-state index is -0.173. The van der Waals surface area contributed by atoms with Gasteiger partial charge in [0.05, 0.1) is 0 Å². The number of halogens is 1. The molecule has 16 heavy (non-hydrogen) atoms. The van der Waals surface area contributed by atoms with Crippen LogP contribution in [0, 0.1) is 5.82 Å². The molecule has 0 bridgehead atoms. The first kappa shape index (κ1) is 11.4. The molecule has 1 N–H and O–H groups in total. The Morgan fingerprint density at radius 3 is 2.69 bits per heavy atom. The summed E-state index contributed by atoms with van der Waals surface area (Å²) in [4.78, 5) is 2.18. The number of hydrogen-bond acceptors (Lipinski definition) is 2. The van der Waals surface area contributed by atoms with Crippen LogP contribution in [-0.2, 0) is 0 Å². The van der Waals surface area contributed by atoms with Crippen LogP contribution < -0.4 is 10.2 Å². The molecule has 1 fully saturated rings. The number of likely N-dealkylation sites (N-methyl/N-ethyl adjacent to an activating group) is 1. The van der Waals surface area contributed by atoms with Gasteiger partial charge in [-0.25, -0.2) is 4.39 Å². The van der Waals surface area contributed by atoms with Crippen LogP contribution >= 0.6 is 0 Å². The zero-order valence-corrected chi connectivity index (χ0v) is 9.75. The second-order valence-corrected chi connectivity index (χ2v) is 4.50. The predicted molar refractivity (Wildman–Crippen MR) is 65.3 cm³/mol. The number of benzene rings is 1. The largest absolute Gasteiger partial charge is 0.373 e. The van der Waals surface area contributed by atoms with Gasteiger partial charge in [0.15, 0.2) is 0 Å². The predicted octanol–water partition coefficient (Wildman–Crippen LogP) is 2.40. The van der Waals surface area contributed by atoms with Gasteiger partial charge in [0, 0.05) is 25.3 Å². The smallest absolute Gasteiger partial charge is 0.123 e. The summed E-state index contributed by atoms with van der Waals surface area (Å²) in [7, 11) is 2.06. The third kappa shape index (κ3) is 2.95. The highest BCUT2D eigenvalue weighted by Crippen LogP contribution is 2.15. The Balaban J connectivity index is 1.91. The van der Waals surface area contributed by atoms with Gasteiger partial charge in [-0.3, -0.25) is 0 Å². The molecule has 1 aliphatic heterocycles. The molecule has 88 valence electrons. The molecule has 1 aliphatic rings. The van der Waals surface area contributed by atoms with Crippen molar-refractivity contribution in [3.63, 3.8) is 0 Å². The summed E-state index contributed by atoms with van der Waals surface area (Å²) in [5, 5.41) is 3.52. The van der Waals surface area contributed by atoms with Gasteiger partial charge in [0.1, 0.15) is 5.82 Å². The Hall–Kier alpha value is -1.09.